The van der Waals surface area contributed by atoms with Crippen molar-refractivity contribution in [2.45, 2.75) is 315 Å². The molecule has 0 unspecified atom stereocenters. The molecule has 0 heterocycles. The fraction of sp³-hybridized carbons (Fsp3) is 0.380. The van der Waals surface area contributed by atoms with Crippen LogP contribution in [0.5, 0.6) is 0 Å². The van der Waals surface area contributed by atoms with Crippen molar-refractivity contribution in [1.29, 1.82) is 0 Å². The van der Waals surface area contributed by atoms with E-state index in [0.717, 1.165) is 0 Å². The van der Waals surface area contributed by atoms with Crippen molar-refractivity contribution in [3.8, 4) is 122 Å². The van der Waals surface area contributed by atoms with Gasteiger partial charge < -0.3 is 0 Å². The molecule has 129 heavy (non-hydrogen) atoms. The van der Waals surface area contributed by atoms with Gasteiger partial charge >= 0.3 is 0 Å². The van der Waals surface area contributed by atoms with E-state index in [0.29, 0.717) is 0 Å². The van der Waals surface area contributed by atoms with Crippen LogP contribution in [0.4, 0.5) is 0 Å². The van der Waals surface area contributed by atoms with Crippen LogP contribution in [0.15, 0.2) is 243 Å². The Balaban J connectivity index is 0.575. The third-order valence-corrected chi connectivity index (χ3v) is 34.3. The Morgan fingerprint density at radius 3 is 0.698 bits per heavy atom. The Bertz CT molecular complexity index is 6340. The maximum Gasteiger partial charge on any atom is 0.0215 e. The first-order valence-electron chi connectivity index (χ1n) is 51.2. The van der Waals surface area contributed by atoms with E-state index in [1.54, 1.807) is 22.3 Å². The number of fused-ring (bicyclic) bond motifs is 25. The molecule has 7 aliphatic carbocycles. The maximum absolute atomic E-state index is 2.66. The quantitative estimate of drug-likeness (QED) is 0.0369. The molecule has 0 saturated carbocycles. The lowest BCUT2D eigenvalue weighted by molar-refractivity contribution is 0.398. The van der Waals surface area contributed by atoms with E-state index in [-0.39, 0.29) is 37.9 Å². The first kappa shape index (κ1) is 85.4. The van der Waals surface area contributed by atoms with Crippen molar-refractivity contribution in [2.75, 3.05) is 0 Å². The molecule has 14 aromatic rings. The van der Waals surface area contributed by atoms with Gasteiger partial charge in [0.2, 0.25) is 0 Å². The van der Waals surface area contributed by atoms with E-state index in [1.165, 1.54) is 379 Å². The summed E-state index contributed by atoms with van der Waals surface area (Å²) in [5, 5.41) is 5.34. The van der Waals surface area contributed by atoms with E-state index < -0.39 is 0 Å². The zero-order valence-corrected chi connectivity index (χ0v) is 80.4. The second-order valence-electron chi connectivity index (χ2n) is 43.7. The van der Waals surface area contributed by atoms with E-state index in [4.69, 9.17) is 0 Å². The van der Waals surface area contributed by atoms with Crippen LogP contribution in [0.3, 0.4) is 0 Å². The summed E-state index contributed by atoms with van der Waals surface area (Å²) in [6.07, 6.45) is 36.8. The lowest BCUT2D eigenvalue weighted by atomic mass is 9.70. The van der Waals surface area contributed by atoms with E-state index in [1.807, 2.05) is 0 Å². The van der Waals surface area contributed by atoms with Crippen molar-refractivity contribution >= 4 is 21.5 Å². The Morgan fingerprint density at radius 1 is 0.155 bits per heavy atom. The summed E-state index contributed by atoms with van der Waals surface area (Å²) in [6, 6.07) is 99.0. The molecule has 0 fully saturated rings. The lowest BCUT2D eigenvalue weighted by Crippen LogP contribution is -2.25. The molecule has 0 spiro atoms. The Labute approximate surface area is 773 Å². The maximum atomic E-state index is 2.66. The third-order valence-electron chi connectivity index (χ3n) is 34.3. The molecule has 654 valence electrons. The van der Waals surface area contributed by atoms with Crippen molar-refractivity contribution in [2.24, 2.45) is 0 Å². The van der Waals surface area contributed by atoms with Gasteiger partial charge in [-0.05, 0) is 320 Å². The molecule has 7 aliphatic rings. The molecule has 14 aromatic carbocycles. The minimum atomic E-state index is -0.263. The van der Waals surface area contributed by atoms with Gasteiger partial charge in [-0.1, -0.05) is 421 Å². The number of hydrogen-bond acceptors (Lipinski definition) is 0. The number of rotatable bonds is 32. The summed E-state index contributed by atoms with van der Waals surface area (Å²) in [5.41, 5.74) is 49.9. The molecule has 0 aliphatic heterocycles. The van der Waals surface area contributed by atoms with Crippen LogP contribution < -0.4 is 0 Å². The van der Waals surface area contributed by atoms with Gasteiger partial charge in [-0.3, -0.25) is 0 Å². The Hall–Kier alpha value is -10.4. The predicted molar refractivity (Wildman–Crippen MR) is 555 cm³/mol. The summed E-state index contributed by atoms with van der Waals surface area (Å²) in [6.45, 7) is 34.4. The minimum Gasteiger partial charge on any atom is -0.0654 e. The normalized spacial score (nSPS) is 16.2. The fourth-order valence-corrected chi connectivity index (χ4v) is 27.0. The van der Waals surface area contributed by atoms with Crippen molar-refractivity contribution in [3.63, 3.8) is 0 Å². The second-order valence-corrected chi connectivity index (χ2v) is 43.7. The Morgan fingerprint density at radius 2 is 0.372 bits per heavy atom. The van der Waals surface area contributed by atoms with Crippen LogP contribution in [0.2, 0.25) is 0 Å². The highest BCUT2D eigenvalue weighted by Crippen LogP contribution is 2.65. The first-order valence-corrected chi connectivity index (χ1v) is 51.2. The molecule has 0 N–H and O–H groups in total. The SMILES string of the molecule is CCCCCCCCC1(CCCCCCCC)c2ccccc2-c2ccc(-c3ccc4c(c3)C(C)(C)c3cc(-c5cc6c(c7ccccc57)-c5cc7c(cc5C6(C)C)-c5cc6c(cc5C7(C)C)-c5c(cc(-c7ccc8c(c7)C(C)(C)c7cc(-c9ccc%10c(c9)C(CCCCCCCC)(CCCCCCCC)c9ccccc9-%10)ccc7-8)c7ccccc57)C6(C)C)ccc3-4)cc21. The van der Waals surface area contributed by atoms with Crippen LogP contribution in [0, 0.1) is 0 Å². The van der Waals surface area contributed by atoms with Crippen molar-refractivity contribution in [3.05, 3.63) is 321 Å². The summed E-state index contributed by atoms with van der Waals surface area (Å²) in [5.74, 6) is 0. The zero-order chi connectivity index (χ0) is 88.7. The largest absolute Gasteiger partial charge is 0.0654 e. The molecular weight excluding hydrogens is 1550 g/mol. The summed E-state index contributed by atoms with van der Waals surface area (Å²) >= 11 is 0. The van der Waals surface area contributed by atoms with Gasteiger partial charge in [0.05, 0.1) is 0 Å². The Kier molecular flexibility index (Phi) is 21.9. The van der Waals surface area contributed by atoms with Crippen molar-refractivity contribution < 1.29 is 0 Å². The van der Waals surface area contributed by atoms with Gasteiger partial charge in [0, 0.05) is 37.9 Å². The van der Waals surface area contributed by atoms with Gasteiger partial charge in [0.25, 0.3) is 0 Å². The monoisotopic (exact) mass is 1690 g/mol. The van der Waals surface area contributed by atoms with Crippen molar-refractivity contribution in [1.82, 2.24) is 0 Å². The molecule has 0 bridgehead atoms. The van der Waals surface area contributed by atoms with Gasteiger partial charge in [-0.25, -0.2) is 0 Å². The first-order chi connectivity index (χ1) is 62.6. The molecule has 0 heteroatoms. The molecule has 0 amide bonds. The van der Waals surface area contributed by atoms with Gasteiger partial charge in [-0.2, -0.15) is 0 Å². The average Bonchev–Trinajstić information content (AvgIpc) is 1.51. The second kappa shape index (κ2) is 33.2. The molecule has 0 saturated heterocycles. The number of hydrogen-bond donors (Lipinski definition) is 0. The smallest absolute Gasteiger partial charge is 0.0215 e. The molecule has 0 atom stereocenters. The highest BCUT2D eigenvalue weighted by atomic mass is 14.5. The summed E-state index contributed by atoms with van der Waals surface area (Å²) in [4.78, 5) is 0. The molecule has 21 rings (SSSR count). The molecule has 0 nitrogen and oxygen atoms in total. The minimum absolute atomic E-state index is 0.0431. The van der Waals surface area contributed by atoms with Gasteiger partial charge in [0.15, 0.2) is 0 Å². The highest BCUT2D eigenvalue weighted by Gasteiger charge is 2.49. The third kappa shape index (κ3) is 13.6. The van der Waals surface area contributed by atoms with Gasteiger partial charge in [0.1, 0.15) is 0 Å². The van der Waals surface area contributed by atoms with E-state index in [9.17, 15) is 0 Å². The van der Waals surface area contributed by atoms with Crippen LogP contribution in [0.1, 0.15) is 355 Å². The predicted octanol–water partition coefficient (Wildman–Crippen LogP) is 37.7. The summed E-state index contributed by atoms with van der Waals surface area (Å²) in [7, 11) is 0. The van der Waals surface area contributed by atoms with Crippen LogP contribution in [0.25, 0.3) is 144 Å². The number of unbranched alkanes of at least 4 members (excludes halogenated alkanes) is 20. The average molecular weight is 1690 g/mol. The molecular formula is C129H138. The van der Waals surface area contributed by atoms with E-state index >= 15 is 0 Å². The van der Waals surface area contributed by atoms with Crippen LogP contribution >= 0.6 is 0 Å². The van der Waals surface area contributed by atoms with Crippen LogP contribution in [-0.4, -0.2) is 0 Å². The summed E-state index contributed by atoms with van der Waals surface area (Å²) < 4.78 is 0. The lowest BCUT2D eigenvalue weighted by Gasteiger charge is -2.33. The van der Waals surface area contributed by atoms with E-state index in [2.05, 4.69) is 340 Å². The molecule has 0 radical (unpaired) electrons. The zero-order valence-electron chi connectivity index (χ0n) is 80.4. The fourth-order valence-electron chi connectivity index (χ4n) is 27.0. The standard InChI is InChI=1S/C129H138/c1-15-19-23-27-31-43-67-128(68-44-32-28-24-20-16-2)107-53-41-39-49-91(107)97-63-57-85(73-117(97)128)83-55-61-93-95-65-59-87(75-111(95)123(5,6)109(93)71-83)101-77-119-121(99-51-37-35-47-89(99)101)105-81-113-103(79-115(105)126(119,11)12)104-80-116-106(82-114(104)125(113,9)10)122-100-52-38-36-48-90(100)102(78-120(122)127(116,13)14)88-60-66-96-94-62-56-84(72-110(94)124(7,8)112(96)76-88)86-58-64-98-92-50-40-42-54-108(92)129(118(98)74-86,69-45-33-29-25-21-17-3)70-46-34-30-26-22-18-4/h35-42,47-66,71-82H,15-34,43-46,67-70H2,1-14H3. The van der Waals surface area contributed by atoms with Gasteiger partial charge in [-0.15, -0.1) is 0 Å². The molecule has 0 aromatic heterocycles. The number of benzene rings is 14. The topological polar surface area (TPSA) is 0 Å². The van der Waals surface area contributed by atoms with Crippen LogP contribution in [-0.2, 0) is 37.9 Å². The highest BCUT2D eigenvalue weighted by molar-refractivity contribution is 6.12.